The predicted octanol–water partition coefficient (Wildman–Crippen LogP) is 5.49. The van der Waals surface area contributed by atoms with Gasteiger partial charge in [-0.1, -0.05) is 35.3 Å². The van der Waals surface area contributed by atoms with Gasteiger partial charge in [-0.15, -0.1) is 0 Å². The van der Waals surface area contributed by atoms with E-state index in [0.717, 1.165) is 42.7 Å². The molecule has 42 heavy (non-hydrogen) atoms. The number of fused-ring (bicyclic) bond motifs is 1. The van der Waals surface area contributed by atoms with Gasteiger partial charge >= 0.3 is 0 Å². The third-order valence-corrected chi connectivity index (χ3v) is 8.09. The van der Waals surface area contributed by atoms with Gasteiger partial charge in [-0.3, -0.25) is 9.59 Å². The molecular formula is C31H35Cl2N5O4. The second kappa shape index (κ2) is 13.7. The van der Waals surface area contributed by atoms with Crippen LogP contribution in [0.3, 0.4) is 0 Å². The molecule has 0 bridgehead atoms. The molecular weight excluding hydrogens is 577 g/mol. The molecule has 1 aliphatic rings. The topological polar surface area (TPSA) is 116 Å². The Morgan fingerprint density at radius 1 is 1.19 bits per heavy atom. The van der Waals surface area contributed by atoms with Crippen molar-refractivity contribution in [2.24, 2.45) is 5.73 Å². The summed E-state index contributed by atoms with van der Waals surface area (Å²) in [5, 5.41) is 3.70. The van der Waals surface area contributed by atoms with Crippen molar-refractivity contribution >= 4 is 46.0 Å². The third kappa shape index (κ3) is 6.98. The number of hydrogen-bond acceptors (Lipinski definition) is 6. The van der Waals surface area contributed by atoms with E-state index in [-0.39, 0.29) is 30.6 Å². The predicted molar refractivity (Wildman–Crippen MR) is 164 cm³/mol. The van der Waals surface area contributed by atoms with Crippen molar-refractivity contribution < 1.29 is 18.7 Å². The number of nitrogens with one attached hydrogen (secondary N) is 1. The van der Waals surface area contributed by atoms with Crippen molar-refractivity contribution in [1.29, 1.82) is 0 Å². The lowest BCUT2D eigenvalue weighted by molar-refractivity contribution is -0.132. The van der Waals surface area contributed by atoms with Crippen LogP contribution in [0.25, 0.3) is 22.4 Å². The van der Waals surface area contributed by atoms with E-state index >= 15 is 0 Å². The summed E-state index contributed by atoms with van der Waals surface area (Å²) < 4.78 is 13.3. The molecule has 2 aromatic carbocycles. The number of likely N-dealkylation sites (tertiary alicyclic amines) is 1. The molecule has 2 atom stereocenters. The Morgan fingerprint density at radius 3 is 2.83 bits per heavy atom. The number of rotatable bonds is 11. The van der Waals surface area contributed by atoms with Crippen molar-refractivity contribution in [3.05, 3.63) is 76.2 Å². The first-order chi connectivity index (χ1) is 20.3. The number of hydrogen-bond donors (Lipinski definition) is 2. The Morgan fingerprint density at radius 2 is 2.02 bits per heavy atom. The number of aromatic nitrogens is 2. The highest BCUT2D eigenvalue weighted by Crippen LogP contribution is 2.32. The van der Waals surface area contributed by atoms with Crippen LogP contribution in [0.1, 0.15) is 48.0 Å². The number of piperidine rings is 1. The van der Waals surface area contributed by atoms with Crippen molar-refractivity contribution in [2.45, 2.75) is 44.2 Å². The molecule has 9 nitrogen and oxygen atoms in total. The van der Waals surface area contributed by atoms with E-state index in [9.17, 15) is 9.59 Å². The average molecular weight is 613 g/mol. The molecule has 3 N–H and O–H groups in total. The van der Waals surface area contributed by atoms with Gasteiger partial charge in [-0.05, 0) is 61.7 Å². The molecule has 4 aromatic rings. The quantitative estimate of drug-likeness (QED) is 0.217. The Bertz CT molecular complexity index is 1550. The minimum Gasteiger partial charge on any atom is -0.451 e. The molecule has 0 radical (unpaired) electrons. The summed E-state index contributed by atoms with van der Waals surface area (Å²) in [5.74, 6) is 1.28. The molecule has 0 unspecified atom stereocenters. The number of nitrogens with zero attached hydrogens (tertiary/aromatic N) is 3. The van der Waals surface area contributed by atoms with Crippen molar-refractivity contribution in [2.75, 3.05) is 33.4 Å². The second-order valence-electron chi connectivity index (χ2n) is 10.6. The maximum Gasteiger partial charge on any atom is 0.287 e. The van der Waals surface area contributed by atoms with Crippen LogP contribution in [0.5, 0.6) is 0 Å². The van der Waals surface area contributed by atoms with Crippen LogP contribution < -0.4 is 11.1 Å². The summed E-state index contributed by atoms with van der Waals surface area (Å²) in [6.45, 7) is 2.89. The number of imidazole rings is 1. The Labute approximate surface area is 254 Å². The zero-order valence-electron chi connectivity index (χ0n) is 23.5. The van der Waals surface area contributed by atoms with Crippen LogP contribution in [0.15, 0.2) is 59.0 Å². The van der Waals surface area contributed by atoms with Crippen molar-refractivity contribution in [1.82, 2.24) is 19.8 Å². The maximum atomic E-state index is 13.2. The SMILES string of the molecule is COCCCn1c([C@@H]2CCCN(C(=O)C[C@@H](N)CNC(=O)c3ccc(-c4ccc(Cl)cc4Cl)o3)C2)nc2ccccc21. The zero-order chi connectivity index (χ0) is 29.6. The Balaban J connectivity index is 1.16. The van der Waals surface area contributed by atoms with E-state index in [1.807, 2.05) is 23.1 Å². The molecule has 11 heteroatoms. The molecule has 222 valence electrons. The number of furan rings is 1. The lowest BCUT2D eigenvalue weighted by Crippen LogP contribution is -2.45. The number of carbonyl (C=O) groups is 2. The number of methoxy groups -OCH3 is 1. The average Bonchev–Trinajstić information content (AvgIpc) is 3.62. The Kier molecular flexibility index (Phi) is 9.84. The van der Waals surface area contributed by atoms with E-state index in [2.05, 4.69) is 16.0 Å². The van der Waals surface area contributed by atoms with Crippen molar-refractivity contribution in [3.8, 4) is 11.3 Å². The van der Waals surface area contributed by atoms with E-state index in [4.69, 9.17) is 43.1 Å². The molecule has 1 fully saturated rings. The van der Waals surface area contributed by atoms with Gasteiger partial charge in [-0.2, -0.15) is 0 Å². The molecule has 0 spiro atoms. The number of aryl methyl sites for hydroxylation is 1. The molecule has 0 aliphatic carbocycles. The summed E-state index contributed by atoms with van der Waals surface area (Å²) in [6, 6.07) is 15.9. The number of ether oxygens (including phenoxy) is 1. The first-order valence-corrected chi connectivity index (χ1v) is 14.9. The van der Waals surface area contributed by atoms with E-state index in [1.54, 1.807) is 37.4 Å². The van der Waals surface area contributed by atoms with Crippen LogP contribution in [0.4, 0.5) is 0 Å². The lowest BCUT2D eigenvalue weighted by Gasteiger charge is -2.33. The van der Waals surface area contributed by atoms with Gasteiger partial charge in [0.25, 0.3) is 5.91 Å². The van der Waals surface area contributed by atoms with Crippen LogP contribution in [0.2, 0.25) is 10.0 Å². The second-order valence-corrected chi connectivity index (χ2v) is 11.4. The first-order valence-electron chi connectivity index (χ1n) is 14.1. The molecule has 1 saturated heterocycles. The van der Waals surface area contributed by atoms with Crippen LogP contribution in [0, 0.1) is 0 Å². The third-order valence-electron chi connectivity index (χ3n) is 7.54. The Hall–Kier alpha value is -3.37. The minimum atomic E-state index is -0.541. The summed E-state index contributed by atoms with van der Waals surface area (Å²) in [5.41, 5.74) is 8.97. The minimum absolute atomic E-state index is 0.0267. The van der Waals surface area contributed by atoms with Crippen molar-refractivity contribution in [3.63, 3.8) is 0 Å². The fraction of sp³-hybridized carbons (Fsp3) is 0.387. The van der Waals surface area contributed by atoms with Gasteiger partial charge < -0.3 is 29.7 Å². The number of nitrogens with two attached hydrogens (primary N) is 1. The van der Waals surface area contributed by atoms with E-state index in [1.165, 1.54) is 0 Å². The number of benzene rings is 2. The summed E-state index contributed by atoms with van der Waals surface area (Å²) >= 11 is 12.2. The smallest absolute Gasteiger partial charge is 0.287 e. The van der Waals surface area contributed by atoms with Gasteiger partial charge in [0.15, 0.2) is 5.76 Å². The van der Waals surface area contributed by atoms with Gasteiger partial charge in [0.05, 0.1) is 16.1 Å². The molecule has 3 heterocycles. The fourth-order valence-electron chi connectivity index (χ4n) is 5.45. The molecule has 0 saturated carbocycles. The van der Waals surface area contributed by atoms with E-state index in [0.29, 0.717) is 41.1 Å². The van der Waals surface area contributed by atoms with E-state index < -0.39 is 11.9 Å². The lowest BCUT2D eigenvalue weighted by atomic mass is 9.96. The summed E-state index contributed by atoms with van der Waals surface area (Å²) in [7, 11) is 1.71. The standard InChI is InChI=1S/C31H35Cl2N5O4/c1-41-15-5-14-38-26-8-3-2-7-25(26)36-30(38)20-6-4-13-37(19-20)29(39)17-22(34)18-35-31(40)28-12-11-27(42-28)23-10-9-21(32)16-24(23)33/h2-3,7-12,16,20,22H,4-6,13-15,17-19,34H2,1H3,(H,35,40)/t20-,22-/m1/s1. The molecule has 2 aromatic heterocycles. The van der Waals surface area contributed by atoms with Crippen LogP contribution in [-0.4, -0.2) is 65.7 Å². The fourth-order valence-corrected chi connectivity index (χ4v) is 5.95. The highest BCUT2D eigenvalue weighted by Gasteiger charge is 2.29. The van der Waals surface area contributed by atoms with Crippen LogP contribution in [-0.2, 0) is 16.1 Å². The zero-order valence-corrected chi connectivity index (χ0v) is 25.0. The van der Waals surface area contributed by atoms with Crippen LogP contribution >= 0.6 is 23.2 Å². The van der Waals surface area contributed by atoms with Gasteiger partial charge in [0.2, 0.25) is 5.91 Å². The monoisotopic (exact) mass is 611 g/mol. The number of amides is 2. The van der Waals surface area contributed by atoms with Gasteiger partial charge in [-0.25, -0.2) is 4.98 Å². The highest BCUT2D eigenvalue weighted by molar-refractivity contribution is 6.36. The highest BCUT2D eigenvalue weighted by atomic mass is 35.5. The number of para-hydroxylation sites is 2. The van der Waals surface area contributed by atoms with Gasteiger partial charge in [0.1, 0.15) is 11.6 Å². The molecule has 2 amide bonds. The number of halogens is 2. The summed E-state index contributed by atoms with van der Waals surface area (Å²) in [6.07, 6.45) is 2.86. The summed E-state index contributed by atoms with van der Waals surface area (Å²) in [4.78, 5) is 32.8. The maximum absolute atomic E-state index is 13.2. The van der Waals surface area contributed by atoms with Gasteiger partial charge in [0, 0.05) is 68.9 Å². The largest absolute Gasteiger partial charge is 0.451 e. The molecule has 5 rings (SSSR count). The molecule has 1 aliphatic heterocycles. The number of carbonyl (C=O) groups excluding carboxylic acids is 2. The normalized spacial score (nSPS) is 16.1. The first kappa shape index (κ1) is 30.1.